The molecule has 7 heteroatoms. The molecule has 0 bridgehead atoms. The summed E-state index contributed by atoms with van der Waals surface area (Å²) in [6, 6.07) is 9.61. The van der Waals surface area contributed by atoms with Crippen LogP contribution in [0.1, 0.15) is 5.69 Å². The van der Waals surface area contributed by atoms with Crippen LogP contribution in [0.2, 0.25) is 0 Å². The number of rotatable bonds is 5. The number of benzene rings is 1. The first-order chi connectivity index (χ1) is 10.2. The second-order valence-electron chi connectivity index (χ2n) is 4.16. The summed E-state index contributed by atoms with van der Waals surface area (Å²) in [5.74, 6) is 1.29. The topological polar surface area (TPSA) is 78.4 Å². The highest BCUT2D eigenvalue weighted by Gasteiger charge is 2.08. The van der Waals surface area contributed by atoms with Gasteiger partial charge in [0.2, 0.25) is 0 Å². The van der Waals surface area contributed by atoms with E-state index in [1.54, 1.807) is 18.4 Å². The minimum absolute atomic E-state index is 0.0381. The molecule has 6 nitrogen and oxygen atoms in total. The third-order valence-electron chi connectivity index (χ3n) is 2.72. The van der Waals surface area contributed by atoms with Gasteiger partial charge in [0.25, 0.3) is 5.69 Å². The fourth-order valence-corrected chi connectivity index (χ4v) is 2.48. The van der Waals surface area contributed by atoms with Crippen molar-refractivity contribution in [3.8, 4) is 16.5 Å². The molecular formula is C14H10N2O4S. The molecular weight excluding hydrogens is 292 g/mol. The fraction of sp³-hybridized carbons (Fsp3) is 0.0714. The van der Waals surface area contributed by atoms with Crippen LogP contribution in [0.15, 0.2) is 52.5 Å². The summed E-state index contributed by atoms with van der Waals surface area (Å²) >= 11 is 1.47. The van der Waals surface area contributed by atoms with Gasteiger partial charge in [0.1, 0.15) is 12.4 Å². The zero-order valence-electron chi connectivity index (χ0n) is 10.8. The molecule has 0 saturated heterocycles. The Hall–Kier alpha value is -2.67. The van der Waals surface area contributed by atoms with Gasteiger partial charge in [0.05, 0.1) is 16.9 Å². The maximum Gasteiger partial charge on any atom is 0.269 e. The molecule has 0 amide bonds. The Kier molecular flexibility index (Phi) is 3.65. The minimum Gasteiger partial charge on any atom is -0.487 e. The van der Waals surface area contributed by atoms with E-state index >= 15 is 0 Å². The third kappa shape index (κ3) is 3.09. The van der Waals surface area contributed by atoms with E-state index in [-0.39, 0.29) is 5.69 Å². The van der Waals surface area contributed by atoms with Crippen molar-refractivity contribution in [1.29, 1.82) is 0 Å². The average Bonchev–Trinajstić information content (AvgIpc) is 3.16. The second-order valence-corrected chi connectivity index (χ2v) is 5.02. The van der Waals surface area contributed by atoms with Crippen LogP contribution in [0.4, 0.5) is 5.69 Å². The van der Waals surface area contributed by atoms with Gasteiger partial charge in [0.15, 0.2) is 10.8 Å². The molecule has 1 aromatic carbocycles. The smallest absolute Gasteiger partial charge is 0.269 e. The standard InChI is InChI=1S/C14H10N2O4S/c17-16(18)11-3-5-12(6-4-11)20-8-10-9-21-14(15-10)13-2-1-7-19-13/h1-7,9H,8H2. The fourth-order valence-electron chi connectivity index (χ4n) is 1.71. The largest absolute Gasteiger partial charge is 0.487 e. The summed E-state index contributed by atoms with van der Waals surface area (Å²) in [6.07, 6.45) is 1.60. The molecule has 2 heterocycles. The normalized spacial score (nSPS) is 10.5. The molecule has 0 aliphatic rings. The van der Waals surface area contributed by atoms with E-state index in [0.29, 0.717) is 12.4 Å². The van der Waals surface area contributed by atoms with Crippen LogP contribution < -0.4 is 4.74 Å². The van der Waals surface area contributed by atoms with Gasteiger partial charge in [-0.25, -0.2) is 4.98 Å². The van der Waals surface area contributed by atoms with Crippen molar-refractivity contribution in [1.82, 2.24) is 4.98 Å². The van der Waals surface area contributed by atoms with Gasteiger partial charge in [-0.3, -0.25) is 10.1 Å². The molecule has 0 N–H and O–H groups in total. The third-order valence-corrected chi connectivity index (χ3v) is 3.62. The van der Waals surface area contributed by atoms with Gasteiger partial charge in [-0.1, -0.05) is 0 Å². The van der Waals surface area contributed by atoms with Crippen LogP contribution in [0, 0.1) is 10.1 Å². The molecule has 0 unspecified atom stereocenters. The first-order valence-electron chi connectivity index (χ1n) is 6.08. The number of hydrogen-bond donors (Lipinski definition) is 0. The lowest BCUT2D eigenvalue weighted by Crippen LogP contribution is -1.96. The van der Waals surface area contributed by atoms with Gasteiger partial charge in [-0.15, -0.1) is 11.3 Å². The Morgan fingerprint density at radius 3 is 2.76 bits per heavy atom. The lowest BCUT2D eigenvalue weighted by Gasteiger charge is -2.03. The van der Waals surface area contributed by atoms with Crippen LogP contribution in [-0.4, -0.2) is 9.91 Å². The first kappa shape index (κ1) is 13.3. The lowest BCUT2D eigenvalue weighted by atomic mass is 10.3. The monoisotopic (exact) mass is 302 g/mol. The van der Waals surface area contributed by atoms with Crippen molar-refractivity contribution in [2.45, 2.75) is 6.61 Å². The van der Waals surface area contributed by atoms with Gasteiger partial charge in [-0.2, -0.15) is 0 Å². The number of aromatic nitrogens is 1. The highest BCUT2D eigenvalue weighted by molar-refractivity contribution is 7.13. The molecule has 0 spiro atoms. The highest BCUT2D eigenvalue weighted by Crippen LogP contribution is 2.25. The van der Waals surface area contributed by atoms with Crippen molar-refractivity contribution >= 4 is 17.0 Å². The maximum atomic E-state index is 10.6. The molecule has 0 aliphatic heterocycles. The molecule has 21 heavy (non-hydrogen) atoms. The summed E-state index contributed by atoms with van der Waals surface area (Å²) in [7, 11) is 0. The number of thiazole rings is 1. The van der Waals surface area contributed by atoms with Crippen molar-refractivity contribution in [2.24, 2.45) is 0 Å². The highest BCUT2D eigenvalue weighted by atomic mass is 32.1. The summed E-state index contributed by atoms with van der Waals surface area (Å²) < 4.78 is 10.8. The molecule has 0 fully saturated rings. The summed E-state index contributed by atoms with van der Waals surface area (Å²) in [5, 5.41) is 13.2. The molecule has 0 atom stereocenters. The van der Waals surface area contributed by atoms with Crippen LogP contribution in [0.3, 0.4) is 0 Å². The van der Waals surface area contributed by atoms with Gasteiger partial charge in [0, 0.05) is 17.5 Å². The van der Waals surface area contributed by atoms with Crippen LogP contribution >= 0.6 is 11.3 Å². The van der Waals surface area contributed by atoms with Gasteiger partial charge >= 0.3 is 0 Å². The molecule has 106 valence electrons. The van der Waals surface area contributed by atoms with Crippen LogP contribution in [-0.2, 0) is 6.61 Å². The number of nitrogens with zero attached hydrogens (tertiary/aromatic N) is 2. The Morgan fingerprint density at radius 2 is 2.10 bits per heavy atom. The van der Waals surface area contributed by atoms with E-state index in [2.05, 4.69) is 4.98 Å². The summed E-state index contributed by atoms with van der Waals surface area (Å²) in [4.78, 5) is 14.5. The first-order valence-corrected chi connectivity index (χ1v) is 6.96. The van der Waals surface area contributed by atoms with Gasteiger partial charge < -0.3 is 9.15 Å². The number of non-ortho nitro benzene ring substituents is 1. The maximum absolute atomic E-state index is 10.6. The predicted molar refractivity (Wildman–Crippen MR) is 77.2 cm³/mol. The van der Waals surface area contributed by atoms with E-state index < -0.39 is 4.92 Å². The summed E-state index contributed by atoms with van der Waals surface area (Å²) in [5.41, 5.74) is 0.820. The van der Waals surface area contributed by atoms with Crippen molar-refractivity contribution in [2.75, 3.05) is 0 Å². The van der Waals surface area contributed by atoms with E-state index in [4.69, 9.17) is 9.15 Å². The second kappa shape index (κ2) is 5.76. The van der Waals surface area contributed by atoms with Crippen LogP contribution in [0.5, 0.6) is 5.75 Å². The van der Waals surface area contributed by atoms with Crippen molar-refractivity contribution in [3.05, 3.63) is 63.8 Å². The Labute approximate surface area is 123 Å². The zero-order valence-corrected chi connectivity index (χ0v) is 11.6. The number of hydrogen-bond acceptors (Lipinski definition) is 6. The Bertz CT molecular complexity index is 735. The minimum atomic E-state index is -0.445. The van der Waals surface area contributed by atoms with Crippen LogP contribution in [0.25, 0.3) is 10.8 Å². The summed E-state index contributed by atoms with van der Waals surface area (Å²) in [6.45, 7) is 0.301. The van der Waals surface area contributed by atoms with E-state index in [9.17, 15) is 10.1 Å². The quantitative estimate of drug-likeness (QED) is 0.527. The molecule has 0 saturated carbocycles. The van der Waals surface area contributed by atoms with Crippen molar-refractivity contribution < 1.29 is 14.1 Å². The average molecular weight is 302 g/mol. The zero-order chi connectivity index (χ0) is 14.7. The molecule has 3 rings (SSSR count). The molecule has 3 aromatic rings. The van der Waals surface area contributed by atoms with E-state index in [1.807, 2.05) is 17.5 Å². The SMILES string of the molecule is O=[N+]([O-])c1ccc(OCc2csc(-c3ccco3)n2)cc1. The van der Waals surface area contributed by atoms with E-state index in [0.717, 1.165) is 16.5 Å². The number of furan rings is 1. The number of ether oxygens (including phenoxy) is 1. The Morgan fingerprint density at radius 1 is 1.29 bits per heavy atom. The van der Waals surface area contributed by atoms with E-state index in [1.165, 1.54) is 23.5 Å². The predicted octanol–water partition coefficient (Wildman–Crippen LogP) is 3.89. The molecule has 2 aromatic heterocycles. The molecule has 0 aliphatic carbocycles. The number of nitro groups is 1. The lowest BCUT2D eigenvalue weighted by molar-refractivity contribution is -0.384. The van der Waals surface area contributed by atoms with Gasteiger partial charge in [-0.05, 0) is 24.3 Å². The van der Waals surface area contributed by atoms with Crippen molar-refractivity contribution in [3.63, 3.8) is 0 Å². The molecule has 0 radical (unpaired) electrons. The number of nitro benzene ring substituents is 1. The Balaban J connectivity index is 1.64.